The summed E-state index contributed by atoms with van der Waals surface area (Å²) in [5.41, 5.74) is 5.34. The zero-order valence-electron chi connectivity index (χ0n) is 11.4. The SMILES string of the molecule is NCC1COC2(COCCN(c3ncccc3F)C2)C1. The van der Waals surface area contributed by atoms with Gasteiger partial charge >= 0.3 is 0 Å². The van der Waals surface area contributed by atoms with Gasteiger partial charge in [0.25, 0.3) is 0 Å². The van der Waals surface area contributed by atoms with Crippen molar-refractivity contribution < 1.29 is 13.9 Å². The number of anilines is 1. The third kappa shape index (κ3) is 2.63. The number of nitrogens with two attached hydrogens (primary N) is 1. The Morgan fingerprint density at radius 3 is 3.20 bits per heavy atom. The van der Waals surface area contributed by atoms with E-state index in [1.807, 2.05) is 4.90 Å². The molecular weight excluding hydrogens is 261 g/mol. The van der Waals surface area contributed by atoms with Gasteiger partial charge in [0.15, 0.2) is 11.6 Å². The first kappa shape index (κ1) is 13.7. The zero-order chi connectivity index (χ0) is 14.0. The molecule has 2 fully saturated rings. The molecule has 0 aromatic carbocycles. The van der Waals surface area contributed by atoms with Crippen LogP contribution < -0.4 is 10.6 Å². The van der Waals surface area contributed by atoms with Crippen LogP contribution in [0, 0.1) is 11.7 Å². The Morgan fingerprint density at radius 1 is 1.55 bits per heavy atom. The maximum absolute atomic E-state index is 13.9. The van der Waals surface area contributed by atoms with Gasteiger partial charge in [-0.05, 0) is 31.0 Å². The van der Waals surface area contributed by atoms with Crippen LogP contribution in [0.5, 0.6) is 0 Å². The van der Waals surface area contributed by atoms with Crippen molar-refractivity contribution in [3.8, 4) is 0 Å². The molecule has 2 unspecified atom stereocenters. The topological polar surface area (TPSA) is 60.6 Å². The summed E-state index contributed by atoms with van der Waals surface area (Å²) < 4.78 is 25.5. The minimum atomic E-state index is -0.384. The van der Waals surface area contributed by atoms with Crippen molar-refractivity contribution >= 4 is 5.82 Å². The van der Waals surface area contributed by atoms with Crippen LogP contribution in [-0.2, 0) is 9.47 Å². The van der Waals surface area contributed by atoms with Gasteiger partial charge in [-0.3, -0.25) is 0 Å². The predicted octanol–water partition coefficient (Wildman–Crippen LogP) is 0.791. The lowest BCUT2D eigenvalue weighted by Crippen LogP contribution is -2.44. The number of aromatic nitrogens is 1. The van der Waals surface area contributed by atoms with Gasteiger partial charge in [-0.25, -0.2) is 9.37 Å². The highest BCUT2D eigenvalue weighted by Crippen LogP contribution is 2.33. The van der Waals surface area contributed by atoms with Crippen LogP contribution >= 0.6 is 0 Å². The van der Waals surface area contributed by atoms with E-state index in [9.17, 15) is 4.39 Å². The van der Waals surface area contributed by atoms with E-state index in [4.69, 9.17) is 15.2 Å². The predicted molar refractivity (Wildman–Crippen MR) is 73.1 cm³/mol. The van der Waals surface area contributed by atoms with Crippen LogP contribution in [0.1, 0.15) is 6.42 Å². The molecule has 5 nitrogen and oxygen atoms in total. The first-order chi connectivity index (χ1) is 9.72. The van der Waals surface area contributed by atoms with E-state index >= 15 is 0 Å². The lowest BCUT2D eigenvalue weighted by molar-refractivity contribution is -0.0457. The van der Waals surface area contributed by atoms with Gasteiger partial charge in [0, 0.05) is 12.7 Å². The molecule has 2 atom stereocenters. The average Bonchev–Trinajstić information content (AvgIpc) is 2.74. The van der Waals surface area contributed by atoms with Crippen LogP contribution in [0.25, 0.3) is 0 Å². The second-order valence-electron chi connectivity index (χ2n) is 5.58. The van der Waals surface area contributed by atoms with E-state index in [-0.39, 0.29) is 11.4 Å². The first-order valence-electron chi connectivity index (χ1n) is 7.00. The molecule has 0 amide bonds. The summed E-state index contributed by atoms with van der Waals surface area (Å²) in [5, 5.41) is 0. The van der Waals surface area contributed by atoms with E-state index in [1.165, 1.54) is 6.07 Å². The molecule has 1 aromatic heterocycles. The molecule has 2 N–H and O–H groups in total. The van der Waals surface area contributed by atoms with E-state index < -0.39 is 0 Å². The molecular formula is C14H20FN3O2. The van der Waals surface area contributed by atoms with Gasteiger partial charge in [-0.15, -0.1) is 0 Å². The molecule has 0 saturated carbocycles. The van der Waals surface area contributed by atoms with Crippen LogP contribution in [0.4, 0.5) is 10.2 Å². The molecule has 1 aromatic rings. The highest BCUT2D eigenvalue weighted by molar-refractivity contribution is 5.40. The minimum Gasteiger partial charge on any atom is -0.377 e. The van der Waals surface area contributed by atoms with Gasteiger partial charge in [-0.1, -0.05) is 0 Å². The lowest BCUT2D eigenvalue weighted by atomic mass is 9.94. The van der Waals surface area contributed by atoms with Gasteiger partial charge in [-0.2, -0.15) is 0 Å². The Kier molecular flexibility index (Phi) is 3.87. The Hall–Kier alpha value is -1.24. The highest BCUT2D eigenvalue weighted by Gasteiger charge is 2.43. The molecule has 2 aliphatic rings. The number of pyridine rings is 1. The van der Waals surface area contributed by atoms with Crippen molar-refractivity contribution in [1.82, 2.24) is 4.98 Å². The second-order valence-corrected chi connectivity index (χ2v) is 5.58. The highest BCUT2D eigenvalue weighted by atomic mass is 19.1. The van der Waals surface area contributed by atoms with E-state index in [2.05, 4.69) is 4.98 Å². The standard InChI is InChI=1S/C14H20FN3O2/c15-12-2-1-3-17-13(12)18-4-5-19-10-14(9-18)6-11(7-16)8-20-14/h1-3,11H,4-10,16H2. The number of ether oxygens (including phenoxy) is 2. The van der Waals surface area contributed by atoms with Gasteiger partial charge < -0.3 is 20.1 Å². The summed E-state index contributed by atoms with van der Waals surface area (Å²) in [7, 11) is 0. The number of nitrogens with zero attached hydrogens (tertiary/aromatic N) is 2. The Balaban J connectivity index is 1.81. The van der Waals surface area contributed by atoms with Gasteiger partial charge in [0.1, 0.15) is 5.60 Å². The maximum atomic E-state index is 13.9. The van der Waals surface area contributed by atoms with Crippen molar-refractivity contribution in [3.05, 3.63) is 24.1 Å². The normalized spacial score (nSPS) is 30.7. The number of hydrogen-bond donors (Lipinski definition) is 1. The van der Waals surface area contributed by atoms with Crippen molar-refractivity contribution in [2.75, 3.05) is 44.4 Å². The number of hydrogen-bond acceptors (Lipinski definition) is 5. The Labute approximate surface area is 117 Å². The molecule has 1 spiro atoms. The summed E-state index contributed by atoms with van der Waals surface area (Å²) in [6.45, 7) is 3.56. The Morgan fingerprint density at radius 2 is 2.45 bits per heavy atom. The second kappa shape index (κ2) is 5.63. The lowest BCUT2D eigenvalue weighted by Gasteiger charge is -2.31. The summed E-state index contributed by atoms with van der Waals surface area (Å²) in [4.78, 5) is 6.07. The molecule has 0 aliphatic carbocycles. The third-order valence-electron chi connectivity index (χ3n) is 4.01. The van der Waals surface area contributed by atoms with E-state index in [1.54, 1.807) is 12.3 Å². The van der Waals surface area contributed by atoms with Crippen LogP contribution in [-0.4, -0.2) is 50.0 Å². The van der Waals surface area contributed by atoms with E-state index in [0.717, 1.165) is 6.42 Å². The fourth-order valence-electron chi connectivity index (χ4n) is 3.00. The molecule has 110 valence electrons. The summed E-state index contributed by atoms with van der Waals surface area (Å²) >= 11 is 0. The molecule has 0 radical (unpaired) electrons. The van der Waals surface area contributed by atoms with Crippen LogP contribution in [0.15, 0.2) is 18.3 Å². The third-order valence-corrected chi connectivity index (χ3v) is 4.01. The maximum Gasteiger partial charge on any atom is 0.165 e. The quantitative estimate of drug-likeness (QED) is 0.868. The van der Waals surface area contributed by atoms with Crippen molar-refractivity contribution in [2.45, 2.75) is 12.0 Å². The van der Waals surface area contributed by atoms with Crippen molar-refractivity contribution in [1.29, 1.82) is 0 Å². The van der Waals surface area contributed by atoms with Gasteiger partial charge in [0.2, 0.25) is 0 Å². The summed E-state index contributed by atoms with van der Waals surface area (Å²) in [6.07, 6.45) is 2.46. The minimum absolute atomic E-state index is 0.307. The molecule has 20 heavy (non-hydrogen) atoms. The number of rotatable bonds is 2. The molecule has 6 heteroatoms. The van der Waals surface area contributed by atoms with Crippen molar-refractivity contribution in [2.24, 2.45) is 11.7 Å². The van der Waals surface area contributed by atoms with E-state index in [0.29, 0.717) is 51.2 Å². The fraction of sp³-hybridized carbons (Fsp3) is 0.643. The molecule has 3 rings (SSSR count). The summed E-state index contributed by atoms with van der Waals surface area (Å²) in [6, 6.07) is 3.03. The fourth-order valence-corrected chi connectivity index (χ4v) is 3.00. The number of halogens is 1. The molecule has 2 saturated heterocycles. The first-order valence-corrected chi connectivity index (χ1v) is 7.00. The monoisotopic (exact) mass is 281 g/mol. The smallest absolute Gasteiger partial charge is 0.165 e. The average molecular weight is 281 g/mol. The zero-order valence-corrected chi connectivity index (χ0v) is 11.4. The Bertz CT molecular complexity index is 473. The van der Waals surface area contributed by atoms with Crippen LogP contribution in [0.2, 0.25) is 0 Å². The molecule has 3 heterocycles. The largest absolute Gasteiger partial charge is 0.377 e. The van der Waals surface area contributed by atoms with Gasteiger partial charge in [0.05, 0.1) is 26.4 Å². The van der Waals surface area contributed by atoms with Crippen molar-refractivity contribution in [3.63, 3.8) is 0 Å². The van der Waals surface area contributed by atoms with Crippen LogP contribution in [0.3, 0.4) is 0 Å². The summed E-state index contributed by atoms with van der Waals surface area (Å²) in [5.74, 6) is 0.419. The molecule has 2 aliphatic heterocycles. The molecule has 0 bridgehead atoms.